The zero-order chi connectivity index (χ0) is 80.2. The van der Waals surface area contributed by atoms with Crippen LogP contribution in [0.4, 0.5) is 56.6 Å². The number of carboxylic acid groups (broad SMARTS) is 1. The predicted octanol–water partition coefficient (Wildman–Crippen LogP) is 21.4. The molecule has 0 bridgehead atoms. The number of carbonyl (C=O) groups is 7. The Morgan fingerprint density at radius 2 is 0.748 bits per heavy atom. The molecular weight excluding hydrogens is 1580 g/mol. The standard InChI is InChI=1S/C27H31F3N2O5.C26H31F3N2O5.C25H28F3IN2O4.3CH4/c1-15(2)32(25(34)18-8-6-16(3)7-9-18)23-11-10-20(13-21(23)26(35)36-5)37-24-22(27(28,29)30)12-19(14-31-24)17(4)33;1-14(2)31(24(33)17-7-5-15(3)6-8-17)22-10-9-19(12-20(22)25(34)35)36-23-21(26(27,28)29)11-18(13-30-23)16(4)32;1-14(2)31(23(32)16-7-5-15(3)6-8-16)21-10-9-18(12-19(21)24(33)34-4)35-22-20(25(26,27)28)11-17(29)13-30-22;;;/h10-16,18H,6-9H2,1-5H3;9-17,32H,5-8H2,1-4H3,(H,34,35);9-16H,5-8H2,1-4H3;3*1H4. The van der Waals surface area contributed by atoms with Crippen molar-refractivity contribution in [2.45, 2.75) is 218 Å². The fourth-order valence-electron chi connectivity index (χ4n) is 13.1. The van der Waals surface area contributed by atoms with Crippen LogP contribution in [0.3, 0.4) is 0 Å². The second-order valence-electron chi connectivity index (χ2n) is 28.3. The second-order valence-corrected chi connectivity index (χ2v) is 29.6. The largest absolute Gasteiger partial charge is 0.478 e. The number of aliphatic hydroxyl groups excluding tert-OH is 1. The van der Waals surface area contributed by atoms with Crippen LogP contribution in [-0.2, 0) is 42.4 Å². The third-order valence-corrected chi connectivity index (χ3v) is 19.7. The van der Waals surface area contributed by atoms with E-state index in [1.807, 2.05) is 27.7 Å². The number of alkyl halides is 9. The van der Waals surface area contributed by atoms with E-state index in [0.717, 1.165) is 115 Å². The van der Waals surface area contributed by atoms with E-state index < -0.39 is 82.7 Å². The number of pyridine rings is 3. The second kappa shape index (κ2) is 40.5. The summed E-state index contributed by atoms with van der Waals surface area (Å²) in [5.41, 5.74) is -3.22. The number of hydrogen-bond acceptors (Lipinski definition) is 16. The third-order valence-electron chi connectivity index (χ3n) is 19.1. The van der Waals surface area contributed by atoms with Crippen molar-refractivity contribution in [2.24, 2.45) is 35.5 Å². The van der Waals surface area contributed by atoms with Crippen molar-refractivity contribution >= 4 is 81.1 Å². The molecule has 610 valence electrons. The molecule has 1 atom stereocenters. The summed E-state index contributed by atoms with van der Waals surface area (Å²) in [6.45, 7) is 19.8. The first-order chi connectivity index (χ1) is 50.5. The van der Waals surface area contributed by atoms with Crippen molar-refractivity contribution in [1.29, 1.82) is 0 Å². The smallest absolute Gasteiger partial charge is 0.421 e. The third kappa shape index (κ3) is 24.5. The number of amides is 3. The van der Waals surface area contributed by atoms with E-state index in [9.17, 15) is 83.3 Å². The van der Waals surface area contributed by atoms with E-state index in [-0.39, 0.29) is 132 Å². The maximum Gasteiger partial charge on any atom is 0.421 e. The molecule has 3 heterocycles. The molecule has 2 N–H and O–H groups in total. The van der Waals surface area contributed by atoms with Gasteiger partial charge < -0.3 is 48.6 Å². The normalized spacial score (nSPS) is 17.9. The lowest BCUT2D eigenvalue weighted by molar-refractivity contribution is -0.139. The van der Waals surface area contributed by atoms with Gasteiger partial charge in [-0.3, -0.25) is 19.2 Å². The maximum atomic E-state index is 13.7. The maximum absolute atomic E-state index is 13.7. The molecule has 3 fully saturated rings. The molecule has 3 saturated carbocycles. The molecule has 0 aliphatic heterocycles. The number of Topliss-reactive ketones (excluding diaryl/α,β-unsaturated/α-hetero) is 1. The topological polar surface area (TPSA) is 254 Å². The highest BCUT2D eigenvalue weighted by Gasteiger charge is 2.41. The van der Waals surface area contributed by atoms with E-state index in [4.69, 9.17) is 23.7 Å². The Kier molecular flexibility index (Phi) is 34.5. The summed E-state index contributed by atoms with van der Waals surface area (Å²) in [5, 5.41) is 19.5. The van der Waals surface area contributed by atoms with Gasteiger partial charge in [0.2, 0.25) is 35.4 Å². The Bertz CT molecular complexity index is 4200. The number of hydrogen-bond donors (Lipinski definition) is 2. The summed E-state index contributed by atoms with van der Waals surface area (Å²) in [7, 11) is 2.37. The molecule has 0 saturated heterocycles. The molecule has 3 amide bonds. The first-order valence-corrected chi connectivity index (χ1v) is 36.5. The van der Waals surface area contributed by atoms with Gasteiger partial charge in [0.05, 0.1) is 54.1 Å². The molecular formula is C81H102F9IN6O14. The SMILES string of the molecule is C.C.C.CC1CCC(C(=O)N(c2ccc(Oc3ncc(C(C)O)cc3C(F)(F)F)cc2C(=O)O)C(C)C)CC1.COC(=O)c1cc(Oc2ncc(C(C)=O)cc2C(F)(F)F)ccc1N(C(=O)C1CCC(C)CC1)C(C)C.COC(=O)c1cc(Oc2ncc(I)cc2C(F)(F)F)ccc1N(C(=O)C1CCC(C)CC1)C(C)C. The number of rotatable bonds is 20. The van der Waals surface area contributed by atoms with Gasteiger partial charge in [-0.05, 0) is 251 Å². The molecule has 0 radical (unpaired) electrons. The van der Waals surface area contributed by atoms with Crippen molar-refractivity contribution in [3.8, 4) is 34.9 Å². The molecule has 20 nitrogen and oxygen atoms in total. The molecule has 3 aromatic carbocycles. The number of carboxylic acids is 1. The van der Waals surface area contributed by atoms with Crippen molar-refractivity contribution in [1.82, 2.24) is 15.0 Å². The summed E-state index contributed by atoms with van der Waals surface area (Å²) in [6, 6.07) is 13.5. The number of aromatic carboxylic acids is 1. The van der Waals surface area contributed by atoms with Crippen LogP contribution >= 0.6 is 22.6 Å². The highest BCUT2D eigenvalue weighted by molar-refractivity contribution is 14.1. The van der Waals surface area contributed by atoms with E-state index in [2.05, 4.69) is 35.7 Å². The number of aliphatic hydroxyl groups is 1. The Labute approximate surface area is 656 Å². The van der Waals surface area contributed by atoms with Crippen LogP contribution in [0.15, 0.2) is 91.4 Å². The number of benzene rings is 3. The van der Waals surface area contributed by atoms with Crippen LogP contribution in [-0.4, -0.2) is 98.9 Å². The van der Waals surface area contributed by atoms with Crippen molar-refractivity contribution in [2.75, 3.05) is 28.9 Å². The number of carbonyl (C=O) groups excluding carboxylic acids is 6. The van der Waals surface area contributed by atoms with E-state index in [1.165, 1.54) is 85.7 Å². The van der Waals surface area contributed by atoms with Gasteiger partial charge in [0.15, 0.2) is 5.78 Å². The number of nitrogens with zero attached hydrogens (tertiary/aromatic N) is 6. The van der Waals surface area contributed by atoms with Crippen molar-refractivity contribution in [3.05, 3.63) is 139 Å². The summed E-state index contributed by atoms with van der Waals surface area (Å²) in [6.07, 6.45) is -2.05. The van der Waals surface area contributed by atoms with Crippen LogP contribution in [0.2, 0.25) is 0 Å². The van der Waals surface area contributed by atoms with Crippen molar-refractivity contribution < 1.29 is 107 Å². The Balaban J connectivity index is 0.000000347. The average molecular weight is 1680 g/mol. The lowest BCUT2D eigenvalue weighted by Gasteiger charge is -2.34. The van der Waals surface area contributed by atoms with Gasteiger partial charge in [0.1, 0.15) is 33.9 Å². The first-order valence-electron chi connectivity index (χ1n) is 35.5. The molecule has 30 heteroatoms. The highest BCUT2D eigenvalue weighted by atomic mass is 127. The lowest BCUT2D eigenvalue weighted by Crippen LogP contribution is -2.43. The van der Waals surface area contributed by atoms with E-state index in [0.29, 0.717) is 33.1 Å². The minimum atomic E-state index is -4.84. The summed E-state index contributed by atoms with van der Waals surface area (Å²) >= 11 is 1.74. The van der Waals surface area contributed by atoms with Gasteiger partial charge in [-0.1, -0.05) is 43.1 Å². The molecule has 6 aromatic rings. The zero-order valence-corrected chi connectivity index (χ0v) is 64.3. The van der Waals surface area contributed by atoms with E-state index in [1.54, 1.807) is 41.3 Å². The molecule has 1 unspecified atom stereocenters. The van der Waals surface area contributed by atoms with Crippen LogP contribution in [0.25, 0.3) is 0 Å². The van der Waals surface area contributed by atoms with Crippen LogP contribution < -0.4 is 28.9 Å². The van der Waals surface area contributed by atoms with Gasteiger partial charge in [-0.25, -0.2) is 29.3 Å². The minimum absolute atomic E-state index is 0. The lowest BCUT2D eigenvalue weighted by atomic mass is 9.82. The van der Waals surface area contributed by atoms with Crippen LogP contribution in [0.1, 0.15) is 245 Å². The highest BCUT2D eigenvalue weighted by Crippen LogP contribution is 2.45. The summed E-state index contributed by atoms with van der Waals surface area (Å²) < 4.78 is 149. The van der Waals surface area contributed by atoms with Gasteiger partial charge in [0.25, 0.3) is 0 Å². The number of anilines is 3. The summed E-state index contributed by atoms with van der Waals surface area (Å²) in [5.74, 6) is -5.15. The average Bonchev–Trinajstić information content (AvgIpc) is 0.797. The van der Waals surface area contributed by atoms with Gasteiger partial charge in [0, 0.05) is 63.6 Å². The van der Waals surface area contributed by atoms with Crippen LogP contribution in [0.5, 0.6) is 34.9 Å². The number of methoxy groups -OCH3 is 2. The monoisotopic (exact) mass is 1680 g/mol. The fraction of sp³-hybridized carbons (Fsp3) is 0.506. The minimum Gasteiger partial charge on any atom is -0.478 e. The molecule has 3 aliphatic rings. The molecule has 0 spiro atoms. The van der Waals surface area contributed by atoms with Crippen molar-refractivity contribution in [3.63, 3.8) is 0 Å². The first kappa shape index (κ1) is 94.4. The van der Waals surface area contributed by atoms with Crippen LogP contribution in [0, 0.1) is 39.1 Å². The Hall–Kier alpha value is -8.94. The number of esters is 2. The Morgan fingerprint density at radius 1 is 0.450 bits per heavy atom. The van der Waals surface area contributed by atoms with Gasteiger partial charge in [-0.2, -0.15) is 39.5 Å². The number of halogens is 10. The van der Waals surface area contributed by atoms with E-state index >= 15 is 0 Å². The molecule has 3 aromatic heterocycles. The quantitative estimate of drug-likeness (QED) is 0.0312. The number of aromatic nitrogens is 3. The fourth-order valence-corrected chi connectivity index (χ4v) is 13.6. The zero-order valence-electron chi connectivity index (χ0n) is 62.2. The van der Waals surface area contributed by atoms with Gasteiger partial charge >= 0.3 is 36.4 Å². The molecule has 3 aliphatic carbocycles. The Morgan fingerprint density at radius 3 is 1.05 bits per heavy atom. The number of ketones is 1. The number of ether oxygens (including phenoxy) is 5. The predicted molar refractivity (Wildman–Crippen MR) is 412 cm³/mol. The summed E-state index contributed by atoms with van der Waals surface area (Å²) in [4.78, 5) is 105. The molecule has 111 heavy (non-hydrogen) atoms. The molecule has 9 rings (SSSR count). The van der Waals surface area contributed by atoms with Gasteiger partial charge in [-0.15, -0.1) is 0 Å².